The molecule has 0 bridgehead atoms. The van der Waals surface area contributed by atoms with Crippen LogP contribution in [0.25, 0.3) is 0 Å². The smallest absolute Gasteiger partial charge is 0.151 e. The molecule has 0 amide bonds. The van der Waals surface area contributed by atoms with E-state index in [1.54, 1.807) is 11.3 Å². The third kappa shape index (κ3) is 3.86. The van der Waals surface area contributed by atoms with Gasteiger partial charge < -0.3 is 9.84 Å². The lowest BCUT2D eigenvalue weighted by Gasteiger charge is -2.12. The van der Waals surface area contributed by atoms with Crippen LogP contribution in [-0.4, -0.2) is 28.1 Å². The molecule has 1 aliphatic rings. The van der Waals surface area contributed by atoms with Gasteiger partial charge in [0.1, 0.15) is 0 Å². The summed E-state index contributed by atoms with van der Waals surface area (Å²) in [5.74, 6) is 0.908. The summed E-state index contributed by atoms with van der Waals surface area (Å²) in [6.07, 6.45) is 2.59. The van der Waals surface area contributed by atoms with Crippen molar-refractivity contribution in [3.8, 4) is 0 Å². The van der Waals surface area contributed by atoms with Crippen LogP contribution in [0.1, 0.15) is 30.0 Å². The number of hydrogen-bond donors (Lipinski definition) is 1. The molecule has 1 N–H and O–H groups in total. The lowest BCUT2D eigenvalue weighted by atomic mass is 10.3. The molecule has 102 valence electrons. The first-order valence-electron chi connectivity index (χ1n) is 6.53. The van der Waals surface area contributed by atoms with E-state index in [1.165, 1.54) is 12.8 Å². The highest BCUT2D eigenvalue weighted by Crippen LogP contribution is 2.19. The zero-order chi connectivity index (χ0) is 13.1. The second kappa shape index (κ2) is 5.81. The highest BCUT2D eigenvalue weighted by Gasteiger charge is 2.20. The maximum atomic E-state index is 5.36. The first-order chi connectivity index (χ1) is 9.29. The summed E-state index contributed by atoms with van der Waals surface area (Å²) in [4.78, 5) is 6.45. The summed E-state index contributed by atoms with van der Waals surface area (Å²) in [5.41, 5.74) is 3.95. The number of rotatable bonds is 7. The Labute approximate surface area is 116 Å². The first kappa shape index (κ1) is 12.8. The van der Waals surface area contributed by atoms with E-state index >= 15 is 0 Å². The van der Waals surface area contributed by atoms with Crippen molar-refractivity contribution in [3.05, 3.63) is 34.1 Å². The zero-order valence-corrected chi connectivity index (χ0v) is 11.8. The van der Waals surface area contributed by atoms with Gasteiger partial charge >= 0.3 is 0 Å². The third-order valence-corrected chi connectivity index (χ3v) is 3.73. The summed E-state index contributed by atoms with van der Waals surface area (Å²) in [6.45, 7) is 2.40. The topological polar surface area (TPSA) is 54.2 Å². The number of nitrogens with one attached hydrogen (secondary N) is 1. The Hall–Kier alpha value is -1.24. The summed E-state index contributed by atoms with van der Waals surface area (Å²) in [7, 11) is 2.06. The van der Waals surface area contributed by atoms with Crippen LogP contribution in [0.2, 0.25) is 0 Å². The Morgan fingerprint density at radius 1 is 1.42 bits per heavy atom. The van der Waals surface area contributed by atoms with Crippen molar-refractivity contribution in [1.29, 1.82) is 0 Å². The average Bonchev–Trinajstić information content (AvgIpc) is 2.88. The molecule has 1 aliphatic carbocycles. The van der Waals surface area contributed by atoms with Gasteiger partial charge in [0.2, 0.25) is 0 Å². The minimum Gasteiger partial charge on any atom is -0.360 e. The zero-order valence-electron chi connectivity index (χ0n) is 11.0. The van der Waals surface area contributed by atoms with E-state index < -0.39 is 0 Å². The van der Waals surface area contributed by atoms with E-state index in [0.717, 1.165) is 36.8 Å². The van der Waals surface area contributed by atoms with Crippen LogP contribution in [0.4, 0.5) is 0 Å². The molecule has 0 aliphatic heterocycles. The van der Waals surface area contributed by atoms with Crippen LogP contribution in [0.3, 0.4) is 0 Å². The predicted octanol–water partition coefficient (Wildman–Crippen LogP) is 2.02. The van der Waals surface area contributed by atoms with Crippen molar-refractivity contribution in [2.45, 2.75) is 38.5 Å². The van der Waals surface area contributed by atoms with Crippen molar-refractivity contribution >= 4 is 11.3 Å². The SMILES string of the molecule is CN(Cc1cscn1)Cc1cc(CNC2CC2)no1. The Bertz CT molecular complexity index is 506. The lowest BCUT2D eigenvalue weighted by molar-refractivity contribution is 0.263. The van der Waals surface area contributed by atoms with E-state index in [1.807, 2.05) is 11.6 Å². The van der Waals surface area contributed by atoms with Crippen LogP contribution < -0.4 is 5.32 Å². The van der Waals surface area contributed by atoms with E-state index in [2.05, 4.69) is 32.8 Å². The summed E-state index contributed by atoms with van der Waals surface area (Å²) in [5, 5.41) is 9.59. The van der Waals surface area contributed by atoms with Gasteiger partial charge in [-0.2, -0.15) is 0 Å². The minimum absolute atomic E-state index is 0.701. The largest absolute Gasteiger partial charge is 0.360 e. The van der Waals surface area contributed by atoms with E-state index in [9.17, 15) is 0 Å². The monoisotopic (exact) mass is 278 g/mol. The highest BCUT2D eigenvalue weighted by atomic mass is 32.1. The molecule has 0 spiro atoms. The molecule has 0 radical (unpaired) electrons. The minimum atomic E-state index is 0.701. The molecule has 2 aromatic heterocycles. The summed E-state index contributed by atoms with van der Waals surface area (Å²) >= 11 is 1.63. The van der Waals surface area contributed by atoms with Gasteiger partial charge in [0.25, 0.3) is 0 Å². The normalized spacial score (nSPS) is 15.3. The van der Waals surface area contributed by atoms with E-state index in [-0.39, 0.29) is 0 Å². The third-order valence-electron chi connectivity index (χ3n) is 3.10. The second-order valence-electron chi connectivity index (χ2n) is 5.09. The van der Waals surface area contributed by atoms with Gasteiger partial charge in [-0.1, -0.05) is 5.16 Å². The maximum absolute atomic E-state index is 5.36. The molecule has 5 nitrogen and oxygen atoms in total. The lowest BCUT2D eigenvalue weighted by Crippen LogP contribution is -2.17. The Morgan fingerprint density at radius 2 is 2.32 bits per heavy atom. The van der Waals surface area contributed by atoms with Crippen LogP contribution in [-0.2, 0) is 19.6 Å². The molecular weight excluding hydrogens is 260 g/mol. The van der Waals surface area contributed by atoms with Crippen molar-refractivity contribution in [1.82, 2.24) is 20.4 Å². The molecule has 2 heterocycles. The van der Waals surface area contributed by atoms with Crippen LogP contribution >= 0.6 is 11.3 Å². The molecule has 3 rings (SSSR count). The number of nitrogens with zero attached hydrogens (tertiary/aromatic N) is 3. The standard InChI is InChI=1S/C13H18N4OS/c1-17(6-12-8-19-9-15-12)7-13-4-11(16-18-13)5-14-10-2-3-10/h4,8-10,14H,2-3,5-7H2,1H3. The number of hydrogen-bond acceptors (Lipinski definition) is 6. The number of aromatic nitrogens is 2. The van der Waals surface area contributed by atoms with Gasteiger partial charge in [0.05, 0.1) is 23.4 Å². The van der Waals surface area contributed by atoms with Crippen molar-refractivity contribution < 1.29 is 4.52 Å². The van der Waals surface area contributed by atoms with Crippen molar-refractivity contribution in [2.75, 3.05) is 7.05 Å². The maximum Gasteiger partial charge on any atom is 0.151 e. The number of thiazole rings is 1. The molecule has 0 unspecified atom stereocenters. The van der Waals surface area contributed by atoms with Gasteiger partial charge in [0, 0.05) is 30.6 Å². The van der Waals surface area contributed by atoms with Crippen LogP contribution in [0, 0.1) is 0 Å². The van der Waals surface area contributed by atoms with Gasteiger partial charge in [-0.15, -0.1) is 11.3 Å². The van der Waals surface area contributed by atoms with E-state index in [4.69, 9.17) is 4.52 Å². The molecule has 6 heteroatoms. The first-order valence-corrected chi connectivity index (χ1v) is 7.47. The van der Waals surface area contributed by atoms with Gasteiger partial charge in [-0.05, 0) is 19.9 Å². The highest BCUT2D eigenvalue weighted by molar-refractivity contribution is 7.07. The predicted molar refractivity (Wildman–Crippen MR) is 73.6 cm³/mol. The van der Waals surface area contributed by atoms with Gasteiger partial charge in [0.15, 0.2) is 5.76 Å². The van der Waals surface area contributed by atoms with Crippen LogP contribution in [0.15, 0.2) is 21.5 Å². The fourth-order valence-electron chi connectivity index (χ4n) is 1.96. The summed E-state index contributed by atoms with van der Waals surface area (Å²) < 4.78 is 5.36. The molecule has 0 aromatic carbocycles. The quantitative estimate of drug-likeness (QED) is 0.839. The molecule has 1 fully saturated rings. The molecule has 1 saturated carbocycles. The molecule has 0 atom stereocenters. The van der Waals surface area contributed by atoms with E-state index in [0.29, 0.717) is 6.04 Å². The van der Waals surface area contributed by atoms with Gasteiger partial charge in [-0.25, -0.2) is 4.98 Å². The molecule has 2 aromatic rings. The van der Waals surface area contributed by atoms with Crippen molar-refractivity contribution in [3.63, 3.8) is 0 Å². The Kier molecular flexibility index (Phi) is 3.91. The fraction of sp³-hybridized carbons (Fsp3) is 0.538. The molecule has 0 saturated heterocycles. The Balaban J connectivity index is 1.48. The second-order valence-corrected chi connectivity index (χ2v) is 5.81. The van der Waals surface area contributed by atoms with Crippen molar-refractivity contribution in [2.24, 2.45) is 0 Å². The Morgan fingerprint density at radius 3 is 3.05 bits per heavy atom. The summed E-state index contributed by atoms with van der Waals surface area (Å²) in [6, 6.07) is 2.74. The average molecular weight is 278 g/mol. The van der Waals surface area contributed by atoms with Gasteiger partial charge in [-0.3, -0.25) is 4.90 Å². The molecule has 19 heavy (non-hydrogen) atoms. The molecular formula is C13H18N4OS. The van der Waals surface area contributed by atoms with Crippen LogP contribution in [0.5, 0.6) is 0 Å². The fourth-order valence-corrected chi connectivity index (χ4v) is 2.51.